The van der Waals surface area contributed by atoms with Crippen molar-refractivity contribution in [1.82, 2.24) is 0 Å². The Labute approximate surface area is 121 Å². The van der Waals surface area contributed by atoms with Crippen LogP contribution in [0, 0.1) is 0 Å². The first-order valence-corrected chi connectivity index (χ1v) is 8.39. The fraction of sp³-hybridized carbons (Fsp3) is 0.0714. The van der Waals surface area contributed by atoms with Crippen LogP contribution in [0.15, 0.2) is 63.2 Å². The third kappa shape index (κ3) is 3.40. The highest BCUT2D eigenvalue weighted by atomic mass is 32.2. The van der Waals surface area contributed by atoms with Gasteiger partial charge in [-0.2, -0.15) is 0 Å². The summed E-state index contributed by atoms with van der Waals surface area (Å²) in [6.45, 7) is 0. The molecule has 0 amide bonds. The van der Waals surface area contributed by atoms with Gasteiger partial charge in [0.05, 0.1) is 10.5 Å². The van der Waals surface area contributed by atoms with E-state index in [4.69, 9.17) is 5.11 Å². The summed E-state index contributed by atoms with van der Waals surface area (Å²) < 4.78 is 22.7. The summed E-state index contributed by atoms with van der Waals surface area (Å²) in [7, 11) is -3.22. The second-order valence-electron chi connectivity index (χ2n) is 4.15. The van der Waals surface area contributed by atoms with E-state index in [0.717, 1.165) is 11.2 Å². The third-order valence-electron chi connectivity index (χ3n) is 2.60. The molecule has 0 fully saturated rings. The van der Waals surface area contributed by atoms with E-state index in [-0.39, 0.29) is 10.5 Å². The zero-order chi connectivity index (χ0) is 14.8. The predicted octanol–water partition coefficient (Wildman–Crippen LogP) is 2.94. The van der Waals surface area contributed by atoms with Crippen molar-refractivity contribution in [2.75, 3.05) is 6.26 Å². The number of carboxylic acid groups (broad SMARTS) is 1. The Hall–Kier alpha value is -1.79. The predicted molar refractivity (Wildman–Crippen MR) is 77.1 cm³/mol. The van der Waals surface area contributed by atoms with Gasteiger partial charge in [-0.25, -0.2) is 13.2 Å². The lowest BCUT2D eigenvalue weighted by Crippen LogP contribution is -1.98. The molecule has 0 aromatic heterocycles. The molecule has 0 aliphatic heterocycles. The maximum atomic E-state index is 11.4. The molecule has 4 nitrogen and oxygen atoms in total. The maximum Gasteiger partial charge on any atom is 0.336 e. The van der Waals surface area contributed by atoms with E-state index in [1.807, 2.05) is 0 Å². The van der Waals surface area contributed by atoms with E-state index < -0.39 is 15.8 Å². The van der Waals surface area contributed by atoms with Crippen LogP contribution in [-0.4, -0.2) is 25.7 Å². The van der Waals surface area contributed by atoms with Gasteiger partial charge in [-0.05, 0) is 36.4 Å². The second kappa shape index (κ2) is 5.68. The molecule has 2 aromatic carbocycles. The number of hydrogen-bond donors (Lipinski definition) is 1. The van der Waals surface area contributed by atoms with Gasteiger partial charge in [-0.3, -0.25) is 0 Å². The Morgan fingerprint density at radius 2 is 1.65 bits per heavy atom. The van der Waals surface area contributed by atoms with Crippen LogP contribution in [0.5, 0.6) is 0 Å². The number of aromatic carboxylic acids is 1. The molecule has 0 spiro atoms. The molecule has 0 saturated heterocycles. The van der Waals surface area contributed by atoms with Crippen molar-refractivity contribution >= 4 is 27.6 Å². The summed E-state index contributed by atoms with van der Waals surface area (Å²) in [5.74, 6) is -0.985. The number of carbonyl (C=O) groups is 1. The topological polar surface area (TPSA) is 71.4 Å². The highest BCUT2D eigenvalue weighted by Gasteiger charge is 2.11. The van der Waals surface area contributed by atoms with Crippen LogP contribution in [0.2, 0.25) is 0 Å². The van der Waals surface area contributed by atoms with Gasteiger partial charge >= 0.3 is 5.97 Å². The van der Waals surface area contributed by atoms with Gasteiger partial charge < -0.3 is 5.11 Å². The Bertz CT molecular complexity index is 734. The normalized spacial score (nSPS) is 11.2. The summed E-state index contributed by atoms with van der Waals surface area (Å²) in [5, 5.41) is 9.10. The number of hydrogen-bond acceptors (Lipinski definition) is 4. The largest absolute Gasteiger partial charge is 0.478 e. The smallest absolute Gasteiger partial charge is 0.336 e. The first kappa shape index (κ1) is 14.6. The van der Waals surface area contributed by atoms with Crippen LogP contribution >= 0.6 is 11.8 Å². The number of sulfone groups is 1. The van der Waals surface area contributed by atoms with E-state index in [0.29, 0.717) is 4.90 Å². The number of carboxylic acids is 1. The van der Waals surface area contributed by atoms with Gasteiger partial charge in [-0.1, -0.05) is 23.9 Å². The third-order valence-corrected chi connectivity index (χ3v) is 4.81. The molecular weight excluding hydrogens is 296 g/mol. The molecule has 1 N–H and O–H groups in total. The fourth-order valence-electron chi connectivity index (χ4n) is 1.61. The zero-order valence-corrected chi connectivity index (χ0v) is 12.2. The van der Waals surface area contributed by atoms with Gasteiger partial charge in [0.25, 0.3) is 0 Å². The highest BCUT2D eigenvalue weighted by Crippen LogP contribution is 2.31. The average Bonchev–Trinajstić information content (AvgIpc) is 2.38. The molecule has 2 aromatic rings. The van der Waals surface area contributed by atoms with E-state index >= 15 is 0 Å². The van der Waals surface area contributed by atoms with Crippen LogP contribution in [0.4, 0.5) is 0 Å². The minimum atomic E-state index is -3.22. The van der Waals surface area contributed by atoms with E-state index in [2.05, 4.69) is 0 Å². The first-order valence-electron chi connectivity index (χ1n) is 5.68. The molecule has 0 bridgehead atoms. The maximum absolute atomic E-state index is 11.4. The molecule has 6 heteroatoms. The zero-order valence-electron chi connectivity index (χ0n) is 10.6. The van der Waals surface area contributed by atoms with E-state index in [9.17, 15) is 13.2 Å². The van der Waals surface area contributed by atoms with Gasteiger partial charge in [0.1, 0.15) is 0 Å². The summed E-state index contributed by atoms with van der Waals surface area (Å²) in [5.41, 5.74) is 0.227. The Morgan fingerprint density at radius 1 is 1.05 bits per heavy atom. The average molecular weight is 308 g/mol. The second-order valence-corrected chi connectivity index (χ2v) is 7.28. The van der Waals surface area contributed by atoms with Crippen LogP contribution in [-0.2, 0) is 9.84 Å². The van der Waals surface area contributed by atoms with E-state index in [1.165, 1.54) is 30.0 Å². The minimum absolute atomic E-state index is 0.227. The monoisotopic (exact) mass is 308 g/mol. The van der Waals surface area contributed by atoms with Gasteiger partial charge in [0.15, 0.2) is 9.84 Å². The SMILES string of the molecule is CS(=O)(=O)c1ccc(Sc2ccccc2C(=O)O)cc1. The lowest BCUT2D eigenvalue weighted by molar-refractivity contribution is 0.0693. The quantitative estimate of drug-likeness (QED) is 0.940. The molecule has 0 heterocycles. The van der Waals surface area contributed by atoms with E-state index in [1.54, 1.807) is 30.3 Å². The summed E-state index contributed by atoms with van der Waals surface area (Å²) >= 11 is 1.29. The molecule has 2 rings (SSSR count). The first-order chi connectivity index (χ1) is 9.38. The Kier molecular flexibility index (Phi) is 4.15. The summed E-state index contributed by atoms with van der Waals surface area (Å²) in [6.07, 6.45) is 1.15. The van der Waals surface area contributed by atoms with Crippen LogP contribution in [0.25, 0.3) is 0 Å². The molecule has 104 valence electrons. The molecular formula is C14H12O4S2. The molecule has 0 aliphatic rings. The number of rotatable bonds is 4. The molecule has 0 saturated carbocycles. The van der Waals surface area contributed by atoms with Crippen molar-refractivity contribution in [2.45, 2.75) is 14.7 Å². The van der Waals surface area contributed by atoms with Crippen LogP contribution in [0.3, 0.4) is 0 Å². The lowest BCUT2D eigenvalue weighted by Gasteiger charge is -2.06. The van der Waals surface area contributed by atoms with Gasteiger partial charge in [0, 0.05) is 16.0 Å². The van der Waals surface area contributed by atoms with Gasteiger partial charge in [-0.15, -0.1) is 0 Å². The molecule has 20 heavy (non-hydrogen) atoms. The van der Waals surface area contributed by atoms with Crippen LogP contribution in [0.1, 0.15) is 10.4 Å². The van der Waals surface area contributed by atoms with Crippen LogP contribution < -0.4 is 0 Å². The Morgan fingerprint density at radius 3 is 2.20 bits per heavy atom. The van der Waals surface area contributed by atoms with Crippen molar-refractivity contribution in [1.29, 1.82) is 0 Å². The highest BCUT2D eigenvalue weighted by molar-refractivity contribution is 7.99. The Balaban J connectivity index is 2.30. The molecule has 0 atom stereocenters. The van der Waals surface area contributed by atoms with Crippen molar-refractivity contribution in [3.63, 3.8) is 0 Å². The fourth-order valence-corrected chi connectivity index (χ4v) is 3.18. The van der Waals surface area contributed by atoms with Crippen molar-refractivity contribution in [3.8, 4) is 0 Å². The summed E-state index contributed by atoms with van der Waals surface area (Å²) in [6, 6.07) is 13.1. The molecule has 0 aliphatic carbocycles. The summed E-state index contributed by atoms with van der Waals surface area (Å²) in [4.78, 5) is 12.7. The van der Waals surface area contributed by atoms with Crippen molar-refractivity contribution < 1.29 is 18.3 Å². The number of benzene rings is 2. The minimum Gasteiger partial charge on any atom is -0.478 e. The van der Waals surface area contributed by atoms with Gasteiger partial charge in [0.2, 0.25) is 0 Å². The molecule has 0 unspecified atom stereocenters. The lowest BCUT2D eigenvalue weighted by atomic mass is 10.2. The standard InChI is InChI=1S/C14H12O4S2/c1-20(17,18)11-8-6-10(7-9-11)19-13-5-3-2-4-12(13)14(15)16/h2-9H,1H3,(H,15,16). The molecule has 0 radical (unpaired) electrons. The van der Waals surface area contributed by atoms with Crippen molar-refractivity contribution in [3.05, 3.63) is 54.1 Å². The van der Waals surface area contributed by atoms with Crippen molar-refractivity contribution in [2.24, 2.45) is 0 Å².